The van der Waals surface area contributed by atoms with Gasteiger partial charge in [-0.2, -0.15) is 0 Å². The van der Waals surface area contributed by atoms with E-state index in [1.165, 1.54) is 17.7 Å². The Labute approximate surface area is 154 Å². The van der Waals surface area contributed by atoms with Gasteiger partial charge in [-0.15, -0.1) is 12.4 Å². The highest BCUT2D eigenvalue weighted by Gasteiger charge is 2.37. The molecule has 2 N–H and O–H groups in total. The summed E-state index contributed by atoms with van der Waals surface area (Å²) >= 11 is 0. The number of aliphatic hydroxyl groups excluding tert-OH is 1. The summed E-state index contributed by atoms with van der Waals surface area (Å²) in [5.74, 6) is 0.535. The zero-order valence-corrected chi connectivity index (χ0v) is 15.4. The average molecular weight is 366 g/mol. The number of benzene rings is 2. The minimum absolute atomic E-state index is 0. The van der Waals surface area contributed by atoms with Crippen molar-refractivity contribution in [2.45, 2.75) is 43.9 Å². The van der Waals surface area contributed by atoms with Crippen LogP contribution < -0.4 is 10.1 Å². The van der Waals surface area contributed by atoms with Crippen LogP contribution in [0.1, 0.15) is 37.0 Å². The van der Waals surface area contributed by atoms with Crippen LogP contribution in [0, 0.1) is 5.82 Å². The molecule has 2 aromatic carbocycles. The molecule has 2 aromatic rings. The molecule has 3 nitrogen and oxygen atoms in total. The van der Waals surface area contributed by atoms with Gasteiger partial charge in [0.2, 0.25) is 0 Å². The first kappa shape index (κ1) is 19.7. The molecule has 3 atom stereocenters. The lowest BCUT2D eigenvalue weighted by molar-refractivity contribution is 0.130. The Morgan fingerprint density at radius 1 is 1.28 bits per heavy atom. The first-order valence-electron chi connectivity index (χ1n) is 8.33. The standard InChI is InChI=1S/C20H24FNO2.ClH/c1-20(13-14-6-8-17(24-2)9-7-14)11-10-18(22-20)19(23)15-4-3-5-16(21)12-15;/h3-9,12,18-19,22-23H,10-11,13H2,1-2H3;1H/t18-,19-,20-;/m1./s1. The maximum absolute atomic E-state index is 13.4. The smallest absolute Gasteiger partial charge is 0.123 e. The number of halogens is 2. The molecule has 3 rings (SSSR count). The van der Waals surface area contributed by atoms with Gasteiger partial charge < -0.3 is 15.2 Å². The van der Waals surface area contributed by atoms with Crippen LogP contribution in [0.4, 0.5) is 4.39 Å². The van der Waals surface area contributed by atoms with E-state index in [2.05, 4.69) is 24.4 Å². The van der Waals surface area contributed by atoms with Crippen LogP contribution in [0.3, 0.4) is 0 Å². The predicted molar refractivity (Wildman–Crippen MR) is 99.9 cm³/mol. The molecule has 5 heteroatoms. The first-order valence-corrected chi connectivity index (χ1v) is 8.33. The second-order valence-corrected chi connectivity index (χ2v) is 6.87. The van der Waals surface area contributed by atoms with Gasteiger partial charge in [-0.25, -0.2) is 4.39 Å². The summed E-state index contributed by atoms with van der Waals surface area (Å²) in [6, 6.07) is 14.2. The van der Waals surface area contributed by atoms with E-state index in [0.29, 0.717) is 5.56 Å². The summed E-state index contributed by atoms with van der Waals surface area (Å²) in [4.78, 5) is 0. The molecule has 1 aliphatic heterocycles. The molecule has 0 unspecified atom stereocenters. The highest BCUT2D eigenvalue weighted by molar-refractivity contribution is 5.85. The second-order valence-electron chi connectivity index (χ2n) is 6.87. The fourth-order valence-corrected chi connectivity index (χ4v) is 3.56. The van der Waals surface area contributed by atoms with Crippen molar-refractivity contribution in [3.05, 3.63) is 65.5 Å². The van der Waals surface area contributed by atoms with Crippen molar-refractivity contribution in [3.8, 4) is 5.75 Å². The lowest BCUT2D eigenvalue weighted by atomic mass is 9.91. The van der Waals surface area contributed by atoms with Crippen LogP contribution in [-0.2, 0) is 6.42 Å². The molecular formula is C20H25ClFNO2. The van der Waals surface area contributed by atoms with Crippen molar-refractivity contribution in [2.75, 3.05) is 7.11 Å². The molecule has 0 saturated carbocycles. The van der Waals surface area contributed by atoms with Gasteiger partial charge in [0.25, 0.3) is 0 Å². The zero-order chi connectivity index (χ0) is 17.2. The number of hydrogen-bond donors (Lipinski definition) is 2. The summed E-state index contributed by atoms with van der Waals surface area (Å²) in [6.07, 6.45) is 2.02. The Hall–Kier alpha value is -1.62. The van der Waals surface area contributed by atoms with Crippen LogP contribution >= 0.6 is 12.4 Å². The molecule has 25 heavy (non-hydrogen) atoms. The van der Waals surface area contributed by atoms with Crippen molar-refractivity contribution in [3.63, 3.8) is 0 Å². The fraction of sp³-hybridized carbons (Fsp3) is 0.400. The molecule has 0 radical (unpaired) electrons. The Morgan fingerprint density at radius 3 is 2.64 bits per heavy atom. The summed E-state index contributed by atoms with van der Waals surface area (Å²) in [7, 11) is 1.66. The maximum atomic E-state index is 13.4. The summed E-state index contributed by atoms with van der Waals surface area (Å²) in [5.41, 5.74) is 1.78. The van der Waals surface area contributed by atoms with Crippen LogP contribution in [0.5, 0.6) is 5.75 Å². The van der Waals surface area contributed by atoms with E-state index in [-0.39, 0.29) is 29.8 Å². The van der Waals surface area contributed by atoms with E-state index in [1.807, 2.05) is 12.1 Å². The summed E-state index contributed by atoms with van der Waals surface area (Å²) in [5, 5.41) is 14.1. The maximum Gasteiger partial charge on any atom is 0.123 e. The lowest BCUT2D eigenvalue weighted by Gasteiger charge is -2.28. The van der Waals surface area contributed by atoms with Crippen LogP contribution in [0.15, 0.2) is 48.5 Å². The highest BCUT2D eigenvalue weighted by Crippen LogP contribution is 2.33. The predicted octanol–water partition coefficient (Wildman–Crippen LogP) is 4.04. The number of nitrogens with one attached hydrogen (secondary N) is 1. The van der Waals surface area contributed by atoms with Gasteiger partial charge in [-0.3, -0.25) is 0 Å². The van der Waals surface area contributed by atoms with Crippen molar-refractivity contribution in [1.29, 1.82) is 0 Å². The molecule has 0 spiro atoms. The third-order valence-corrected chi connectivity index (χ3v) is 4.87. The minimum atomic E-state index is -0.696. The third kappa shape index (κ3) is 4.72. The Kier molecular flexibility index (Phi) is 6.44. The van der Waals surface area contributed by atoms with E-state index in [0.717, 1.165) is 25.0 Å². The van der Waals surface area contributed by atoms with E-state index in [9.17, 15) is 9.50 Å². The lowest BCUT2D eigenvalue weighted by Crippen LogP contribution is -2.44. The molecular weight excluding hydrogens is 341 g/mol. The topological polar surface area (TPSA) is 41.5 Å². The van der Waals surface area contributed by atoms with Crippen LogP contribution in [-0.4, -0.2) is 23.8 Å². The normalized spacial score (nSPS) is 23.8. The molecule has 1 fully saturated rings. The number of aliphatic hydroxyl groups is 1. The van der Waals surface area contributed by atoms with Crippen molar-refractivity contribution < 1.29 is 14.2 Å². The van der Waals surface area contributed by atoms with E-state index in [4.69, 9.17) is 4.74 Å². The fourth-order valence-electron chi connectivity index (χ4n) is 3.56. The van der Waals surface area contributed by atoms with Crippen LogP contribution in [0.2, 0.25) is 0 Å². The van der Waals surface area contributed by atoms with E-state index >= 15 is 0 Å². The second kappa shape index (κ2) is 8.17. The van der Waals surface area contributed by atoms with Crippen molar-refractivity contribution in [1.82, 2.24) is 5.32 Å². The van der Waals surface area contributed by atoms with Gasteiger partial charge >= 0.3 is 0 Å². The van der Waals surface area contributed by atoms with E-state index in [1.54, 1.807) is 19.2 Å². The van der Waals surface area contributed by atoms with Gasteiger partial charge in [-0.05, 0) is 61.6 Å². The quantitative estimate of drug-likeness (QED) is 0.840. The van der Waals surface area contributed by atoms with Gasteiger partial charge in [0.1, 0.15) is 11.6 Å². The Morgan fingerprint density at radius 2 is 2.00 bits per heavy atom. The molecule has 0 amide bonds. The Bertz CT molecular complexity index is 694. The molecule has 1 saturated heterocycles. The molecule has 1 heterocycles. The number of ether oxygens (including phenoxy) is 1. The van der Waals surface area contributed by atoms with Gasteiger partial charge in [0.05, 0.1) is 13.2 Å². The van der Waals surface area contributed by atoms with Crippen molar-refractivity contribution in [2.24, 2.45) is 0 Å². The monoisotopic (exact) mass is 365 g/mol. The summed E-state index contributed by atoms with van der Waals surface area (Å²) < 4.78 is 18.6. The summed E-state index contributed by atoms with van der Waals surface area (Å²) in [6.45, 7) is 2.18. The van der Waals surface area contributed by atoms with Gasteiger partial charge in [0, 0.05) is 11.6 Å². The van der Waals surface area contributed by atoms with Gasteiger partial charge in [0.15, 0.2) is 0 Å². The van der Waals surface area contributed by atoms with E-state index < -0.39 is 6.10 Å². The minimum Gasteiger partial charge on any atom is -0.497 e. The molecule has 1 aliphatic rings. The number of rotatable bonds is 5. The molecule has 0 bridgehead atoms. The first-order chi connectivity index (χ1) is 11.5. The zero-order valence-electron chi connectivity index (χ0n) is 14.5. The molecule has 0 aromatic heterocycles. The largest absolute Gasteiger partial charge is 0.497 e. The molecule has 0 aliphatic carbocycles. The molecule has 136 valence electrons. The third-order valence-electron chi connectivity index (χ3n) is 4.87. The van der Waals surface area contributed by atoms with Crippen molar-refractivity contribution >= 4 is 12.4 Å². The average Bonchev–Trinajstić information content (AvgIpc) is 2.97. The SMILES string of the molecule is COc1ccc(C[C@@]2(C)CC[C@H]([C@H](O)c3cccc(F)c3)N2)cc1.Cl. The Balaban J connectivity index is 0.00000225. The highest BCUT2D eigenvalue weighted by atomic mass is 35.5. The number of hydrogen-bond acceptors (Lipinski definition) is 3. The van der Waals surface area contributed by atoms with Crippen LogP contribution in [0.25, 0.3) is 0 Å². The van der Waals surface area contributed by atoms with Gasteiger partial charge in [-0.1, -0.05) is 24.3 Å². The number of methoxy groups -OCH3 is 1.